The lowest BCUT2D eigenvalue weighted by molar-refractivity contribution is -0.118. The Morgan fingerprint density at radius 2 is 1.55 bits per heavy atom. The Bertz CT molecular complexity index is 1140. The Balaban J connectivity index is 1.72. The van der Waals surface area contributed by atoms with Crippen LogP contribution in [0.2, 0.25) is 0 Å². The summed E-state index contributed by atoms with van der Waals surface area (Å²) in [5.41, 5.74) is 3.77. The zero-order valence-electron chi connectivity index (χ0n) is 17.9. The number of rotatable bonds is 4. The third kappa shape index (κ3) is 2.97. The summed E-state index contributed by atoms with van der Waals surface area (Å²) in [6.45, 7) is 4.78. The van der Waals surface area contributed by atoms with E-state index in [0.717, 1.165) is 11.1 Å². The van der Waals surface area contributed by atoms with E-state index in [0.29, 0.717) is 36.6 Å². The average molecular weight is 411 g/mol. The minimum absolute atomic E-state index is 0.0293. The topological polar surface area (TPSA) is 40.6 Å². The number of hydrogen-bond acceptors (Lipinski definition) is 2. The van der Waals surface area contributed by atoms with Gasteiger partial charge in [0.25, 0.3) is 5.91 Å². The van der Waals surface area contributed by atoms with Crippen LogP contribution in [0.25, 0.3) is 0 Å². The van der Waals surface area contributed by atoms with Crippen LogP contribution in [0.15, 0.2) is 78.9 Å². The summed E-state index contributed by atoms with van der Waals surface area (Å²) < 4.78 is 0. The molecule has 0 aromatic heterocycles. The predicted molar refractivity (Wildman–Crippen MR) is 122 cm³/mol. The van der Waals surface area contributed by atoms with E-state index in [9.17, 15) is 9.59 Å². The number of hydrogen-bond donors (Lipinski definition) is 0. The largest absolute Gasteiger partial charge is 0.307 e. The minimum atomic E-state index is -0.812. The van der Waals surface area contributed by atoms with Crippen LogP contribution in [-0.2, 0) is 17.0 Å². The standard InChI is InChI=1S/C27H26N2O2/c1-19(2)21-12-14-22(15-13-21)27-17-16-25(30)29(27)24-11-7-6-10-23(24)26(31)28(27)18-20-8-4-3-5-9-20/h3-15,19H,16-18H2,1-2H3. The Morgan fingerprint density at radius 1 is 0.871 bits per heavy atom. The highest BCUT2D eigenvalue weighted by atomic mass is 16.2. The maximum absolute atomic E-state index is 13.8. The molecule has 0 saturated carbocycles. The highest BCUT2D eigenvalue weighted by molar-refractivity contribution is 6.10. The summed E-state index contributed by atoms with van der Waals surface area (Å²) >= 11 is 0. The maximum Gasteiger partial charge on any atom is 0.258 e. The zero-order valence-corrected chi connectivity index (χ0v) is 17.9. The van der Waals surface area contributed by atoms with E-state index in [1.165, 1.54) is 5.56 Å². The van der Waals surface area contributed by atoms with Gasteiger partial charge in [-0.05, 0) is 34.7 Å². The first-order chi connectivity index (χ1) is 15.0. The van der Waals surface area contributed by atoms with Crippen LogP contribution in [0.1, 0.15) is 59.7 Å². The molecule has 2 heterocycles. The smallest absolute Gasteiger partial charge is 0.258 e. The highest BCUT2D eigenvalue weighted by Crippen LogP contribution is 2.50. The summed E-state index contributed by atoms with van der Waals surface area (Å²) in [7, 11) is 0. The van der Waals surface area contributed by atoms with Crippen molar-refractivity contribution in [2.45, 2.75) is 44.8 Å². The van der Waals surface area contributed by atoms with Crippen molar-refractivity contribution in [2.75, 3.05) is 4.90 Å². The van der Waals surface area contributed by atoms with E-state index in [2.05, 4.69) is 38.1 Å². The molecule has 5 rings (SSSR count). The van der Waals surface area contributed by atoms with E-state index in [1.54, 1.807) is 0 Å². The van der Waals surface area contributed by atoms with Crippen molar-refractivity contribution in [2.24, 2.45) is 0 Å². The molecule has 2 aliphatic rings. The highest BCUT2D eigenvalue weighted by Gasteiger charge is 2.56. The first kappa shape index (κ1) is 19.6. The SMILES string of the molecule is CC(C)c1ccc(C23CCC(=O)N2c2ccccc2C(=O)N3Cc2ccccc2)cc1. The molecule has 1 saturated heterocycles. The Labute approximate surface area is 183 Å². The first-order valence-corrected chi connectivity index (χ1v) is 10.9. The van der Waals surface area contributed by atoms with Crippen molar-refractivity contribution in [3.8, 4) is 0 Å². The molecule has 3 aromatic carbocycles. The van der Waals surface area contributed by atoms with Gasteiger partial charge in [0.05, 0.1) is 11.3 Å². The third-order valence-corrected chi connectivity index (χ3v) is 6.60. The van der Waals surface area contributed by atoms with Crippen LogP contribution in [0.5, 0.6) is 0 Å². The third-order valence-electron chi connectivity index (χ3n) is 6.60. The molecule has 0 bridgehead atoms. The van der Waals surface area contributed by atoms with Crippen LogP contribution in [-0.4, -0.2) is 16.7 Å². The normalized spacial score (nSPS) is 20.2. The molecule has 1 fully saturated rings. The number of benzene rings is 3. The zero-order chi connectivity index (χ0) is 21.6. The van der Waals surface area contributed by atoms with Crippen molar-refractivity contribution in [1.29, 1.82) is 0 Å². The fourth-order valence-electron chi connectivity index (χ4n) is 5.00. The minimum Gasteiger partial charge on any atom is -0.307 e. The lowest BCUT2D eigenvalue weighted by Gasteiger charge is -2.51. The van der Waals surface area contributed by atoms with Gasteiger partial charge in [-0.2, -0.15) is 0 Å². The van der Waals surface area contributed by atoms with Crippen molar-refractivity contribution in [3.05, 3.63) is 101 Å². The van der Waals surface area contributed by atoms with Gasteiger partial charge in [0.1, 0.15) is 5.66 Å². The van der Waals surface area contributed by atoms with Crippen LogP contribution in [0.4, 0.5) is 5.69 Å². The molecule has 2 aliphatic heterocycles. The number of para-hydroxylation sites is 1. The van der Waals surface area contributed by atoms with Crippen LogP contribution in [0.3, 0.4) is 0 Å². The van der Waals surface area contributed by atoms with E-state index in [4.69, 9.17) is 0 Å². The molecule has 0 aliphatic carbocycles. The summed E-state index contributed by atoms with van der Waals surface area (Å²) in [6.07, 6.45) is 0.999. The number of fused-ring (bicyclic) bond motifs is 3. The molecule has 0 radical (unpaired) electrons. The Hall–Kier alpha value is -3.40. The van der Waals surface area contributed by atoms with E-state index >= 15 is 0 Å². The molecule has 4 heteroatoms. The number of carbonyl (C=O) groups is 2. The van der Waals surface area contributed by atoms with Crippen molar-refractivity contribution >= 4 is 17.5 Å². The van der Waals surface area contributed by atoms with E-state index < -0.39 is 5.66 Å². The molecule has 0 N–H and O–H groups in total. The van der Waals surface area contributed by atoms with Crippen molar-refractivity contribution < 1.29 is 9.59 Å². The molecule has 2 amide bonds. The summed E-state index contributed by atoms with van der Waals surface area (Å²) in [5, 5.41) is 0. The molecular weight excluding hydrogens is 384 g/mol. The molecule has 3 aromatic rings. The van der Waals surface area contributed by atoms with Gasteiger partial charge in [-0.3, -0.25) is 14.5 Å². The molecule has 4 nitrogen and oxygen atoms in total. The lowest BCUT2D eigenvalue weighted by Crippen LogP contribution is -2.61. The van der Waals surface area contributed by atoms with Gasteiger partial charge in [0, 0.05) is 19.4 Å². The molecule has 156 valence electrons. The van der Waals surface area contributed by atoms with Gasteiger partial charge in [-0.25, -0.2) is 0 Å². The van der Waals surface area contributed by atoms with Gasteiger partial charge in [-0.1, -0.05) is 80.6 Å². The molecule has 1 unspecified atom stereocenters. The Morgan fingerprint density at radius 3 is 2.26 bits per heavy atom. The predicted octanol–water partition coefficient (Wildman–Crippen LogP) is 5.45. The molecule has 31 heavy (non-hydrogen) atoms. The molecular formula is C27H26N2O2. The van der Waals surface area contributed by atoms with Gasteiger partial charge in [0.2, 0.25) is 5.91 Å². The number of carbonyl (C=O) groups excluding carboxylic acids is 2. The summed E-state index contributed by atoms with van der Waals surface area (Å²) in [5.74, 6) is 0.450. The monoisotopic (exact) mass is 410 g/mol. The van der Waals surface area contributed by atoms with Crippen molar-refractivity contribution in [1.82, 2.24) is 4.90 Å². The van der Waals surface area contributed by atoms with Crippen molar-refractivity contribution in [3.63, 3.8) is 0 Å². The first-order valence-electron chi connectivity index (χ1n) is 10.9. The second-order valence-electron chi connectivity index (χ2n) is 8.72. The maximum atomic E-state index is 13.8. The van der Waals surface area contributed by atoms with Crippen LogP contribution >= 0.6 is 0 Å². The summed E-state index contributed by atoms with van der Waals surface area (Å²) in [4.78, 5) is 30.8. The molecule has 0 spiro atoms. The number of anilines is 1. The van der Waals surface area contributed by atoms with E-state index in [-0.39, 0.29) is 11.8 Å². The van der Waals surface area contributed by atoms with Crippen LogP contribution < -0.4 is 4.90 Å². The van der Waals surface area contributed by atoms with E-state index in [1.807, 2.05) is 64.4 Å². The average Bonchev–Trinajstić information content (AvgIpc) is 3.15. The lowest BCUT2D eigenvalue weighted by atomic mass is 9.88. The number of amides is 2. The fourth-order valence-corrected chi connectivity index (χ4v) is 5.00. The summed E-state index contributed by atoms with van der Waals surface area (Å²) in [6, 6.07) is 25.9. The van der Waals surface area contributed by atoms with Gasteiger partial charge >= 0.3 is 0 Å². The fraction of sp³-hybridized carbons (Fsp3) is 0.259. The quantitative estimate of drug-likeness (QED) is 0.574. The molecule has 1 atom stereocenters. The van der Waals surface area contributed by atoms with Crippen LogP contribution in [0, 0.1) is 0 Å². The Kier molecular flexibility index (Phi) is 4.66. The number of nitrogens with zero attached hydrogens (tertiary/aromatic N) is 2. The van der Waals surface area contributed by atoms with Gasteiger partial charge in [0.15, 0.2) is 0 Å². The second kappa shape index (κ2) is 7.38. The second-order valence-corrected chi connectivity index (χ2v) is 8.72. The van der Waals surface area contributed by atoms with Gasteiger partial charge < -0.3 is 4.90 Å². The van der Waals surface area contributed by atoms with Gasteiger partial charge in [-0.15, -0.1) is 0 Å².